The highest BCUT2D eigenvalue weighted by atomic mass is 35.5. The number of phenolic OH excluding ortho intramolecular Hbond substituents is 1. The lowest BCUT2D eigenvalue weighted by Crippen LogP contribution is -1.91. The minimum atomic E-state index is 0.0718. The van der Waals surface area contributed by atoms with E-state index in [2.05, 4.69) is 24.9 Å². The van der Waals surface area contributed by atoms with Crippen molar-refractivity contribution in [2.24, 2.45) is 0 Å². The Kier molecular flexibility index (Phi) is 13.9. The molecule has 5 N–H and O–H groups in total. The van der Waals surface area contributed by atoms with Gasteiger partial charge in [-0.15, -0.1) is 0 Å². The van der Waals surface area contributed by atoms with Gasteiger partial charge in [0.05, 0.1) is 25.3 Å². The minimum Gasteiger partial charge on any atom is -0.507 e. The van der Waals surface area contributed by atoms with Gasteiger partial charge < -0.3 is 35.0 Å². The topological polar surface area (TPSA) is 184 Å². The van der Waals surface area contributed by atoms with Gasteiger partial charge in [-0.05, 0) is 72.1 Å². The summed E-state index contributed by atoms with van der Waals surface area (Å²) in [6, 6.07) is 33.4. The summed E-state index contributed by atoms with van der Waals surface area (Å²) in [5.41, 5.74) is 1.38. The third kappa shape index (κ3) is 10.6. The molecule has 0 fully saturated rings. The molecule has 4 aromatic carbocycles. The van der Waals surface area contributed by atoms with Crippen LogP contribution < -0.4 is 9.47 Å². The fraction of sp³-hybridized carbons (Fsp3) is 0.0465. The summed E-state index contributed by atoms with van der Waals surface area (Å²) in [7, 11) is 3.11. The van der Waals surface area contributed by atoms with Crippen LogP contribution in [0.5, 0.6) is 40.5 Å². The second-order valence-electron chi connectivity index (χ2n) is 11.5. The maximum absolute atomic E-state index is 9.62. The number of pyridine rings is 5. The van der Waals surface area contributed by atoms with Gasteiger partial charge >= 0.3 is 0 Å². The van der Waals surface area contributed by atoms with Gasteiger partial charge in [0.1, 0.15) is 17.2 Å². The number of aromatic nitrogens is 5. The fourth-order valence-electron chi connectivity index (χ4n) is 5.13. The van der Waals surface area contributed by atoms with Crippen LogP contribution >= 0.6 is 11.6 Å². The smallest absolute Gasteiger partial charge is 0.218 e. The van der Waals surface area contributed by atoms with Gasteiger partial charge in [-0.25, -0.2) is 9.97 Å². The van der Waals surface area contributed by atoms with Crippen molar-refractivity contribution in [1.82, 2.24) is 24.9 Å². The molecule has 0 aliphatic rings. The van der Waals surface area contributed by atoms with E-state index in [0.717, 1.165) is 26.9 Å². The van der Waals surface area contributed by atoms with Gasteiger partial charge in [0, 0.05) is 81.3 Å². The zero-order chi connectivity index (χ0) is 39.9. The molecular formula is C43H36ClN5O7. The third-order valence-electron chi connectivity index (χ3n) is 7.87. The molecule has 5 heterocycles. The van der Waals surface area contributed by atoms with E-state index < -0.39 is 0 Å². The quantitative estimate of drug-likeness (QED) is 0.112. The molecule has 0 radical (unpaired) electrons. The molecule has 0 aliphatic heterocycles. The van der Waals surface area contributed by atoms with Gasteiger partial charge in [0.25, 0.3) is 0 Å². The molecular weight excluding hydrogens is 734 g/mol. The number of hydrogen-bond donors (Lipinski definition) is 5. The largest absolute Gasteiger partial charge is 0.507 e. The van der Waals surface area contributed by atoms with Crippen LogP contribution in [0.2, 0.25) is 5.02 Å². The summed E-state index contributed by atoms with van der Waals surface area (Å²) in [4.78, 5) is 19.4. The van der Waals surface area contributed by atoms with Crippen LogP contribution in [0.25, 0.3) is 43.4 Å². The molecule has 5 aromatic heterocycles. The van der Waals surface area contributed by atoms with Crippen molar-refractivity contribution in [3.63, 3.8) is 0 Å². The van der Waals surface area contributed by atoms with E-state index in [1.54, 1.807) is 112 Å². The molecule has 13 heteroatoms. The van der Waals surface area contributed by atoms with Crippen molar-refractivity contribution >= 4 is 55.0 Å². The van der Waals surface area contributed by atoms with Crippen molar-refractivity contribution in [1.29, 1.82) is 0 Å². The third-order valence-corrected chi connectivity index (χ3v) is 8.10. The van der Waals surface area contributed by atoms with Crippen LogP contribution in [-0.2, 0) is 0 Å². The van der Waals surface area contributed by atoms with E-state index in [1.165, 1.54) is 18.3 Å². The number of phenols is 1. The molecule has 0 spiro atoms. The van der Waals surface area contributed by atoms with Crippen LogP contribution in [0.3, 0.4) is 0 Å². The maximum atomic E-state index is 9.62. The van der Waals surface area contributed by atoms with E-state index in [0.29, 0.717) is 38.7 Å². The van der Waals surface area contributed by atoms with Gasteiger partial charge in [-0.1, -0.05) is 48.0 Å². The molecule has 0 saturated carbocycles. The Labute approximate surface area is 326 Å². The minimum absolute atomic E-state index is 0.0718. The molecule has 0 aliphatic carbocycles. The van der Waals surface area contributed by atoms with Gasteiger partial charge in [-0.2, -0.15) is 0 Å². The Bertz CT molecular complexity index is 2580. The lowest BCUT2D eigenvalue weighted by atomic mass is 10.2. The van der Waals surface area contributed by atoms with E-state index in [4.69, 9.17) is 26.2 Å². The number of rotatable bonds is 2. The first kappa shape index (κ1) is 39.8. The number of methoxy groups -OCH3 is 2. The zero-order valence-electron chi connectivity index (χ0n) is 30.1. The van der Waals surface area contributed by atoms with Crippen LogP contribution in [0.1, 0.15) is 0 Å². The number of halogens is 1. The van der Waals surface area contributed by atoms with Crippen LogP contribution in [0.4, 0.5) is 0 Å². The second-order valence-corrected chi connectivity index (χ2v) is 11.9. The summed E-state index contributed by atoms with van der Waals surface area (Å²) < 4.78 is 10.3. The summed E-state index contributed by atoms with van der Waals surface area (Å²) in [6.07, 6.45) is 9.63. The number of aromatic hydroxyl groups is 5. The fourth-order valence-corrected chi connectivity index (χ4v) is 5.29. The predicted molar refractivity (Wildman–Crippen MR) is 218 cm³/mol. The van der Waals surface area contributed by atoms with Crippen molar-refractivity contribution in [2.75, 3.05) is 14.2 Å². The summed E-state index contributed by atoms with van der Waals surface area (Å²) in [5, 5.41) is 51.7. The highest BCUT2D eigenvalue weighted by Gasteiger charge is 2.09. The van der Waals surface area contributed by atoms with Crippen LogP contribution in [0.15, 0.2) is 152 Å². The Morgan fingerprint density at radius 3 is 1.77 bits per heavy atom. The number of fused-ring (bicyclic) bond motifs is 4. The van der Waals surface area contributed by atoms with Crippen LogP contribution in [0, 0.1) is 0 Å². The number of benzene rings is 4. The Balaban J connectivity index is 0.000000136. The number of hydrogen-bond acceptors (Lipinski definition) is 12. The van der Waals surface area contributed by atoms with Crippen molar-refractivity contribution in [2.45, 2.75) is 0 Å². The lowest BCUT2D eigenvalue weighted by Gasteiger charge is -2.09. The first-order chi connectivity index (χ1) is 27.2. The number of nitrogens with zero attached hydrogens (tertiary/aromatic N) is 5. The summed E-state index contributed by atoms with van der Waals surface area (Å²) in [6.45, 7) is 0. The van der Waals surface area contributed by atoms with Crippen molar-refractivity contribution in [3.8, 4) is 40.5 Å². The molecule has 0 unspecified atom stereocenters. The lowest BCUT2D eigenvalue weighted by molar-refractivity contribution is 0.355. The predicted octanol–water partition coefficient (Wildman–Crippen LogP) is 9.22. The van der Waals surface area contributed by atoms with Gasteiger partial charge in [-0.3, -0.25) is 15.0 Å². The van der Waals surface area contributed by atoms with Crippen molar-refractivity contribution in [3.05, 3.63) is 157 Å². The molecule has 0 atom stereocenters. The first-order valence-electron chi connectivity index (χ1n) is 16.8. The Hall–Kier alpha value is -7.44. The van der Waals surface area contributed by atoms with Crippen LogP contribution in [-0.4, -0.2) is 64.7 Å². The van der Waals surface area contributed by atoms with E-state index in [9.17, 15) is 20.4 Å². The highest BCUT2D eigenvalue weighted by molar-refractivity contribution is 6.31. The first-order valence-corrected chi connectivity index (χ1v) is 17.1. The monoisotopic (exact) mass is 769 g/mol. The molecule has 9 rings (SSSR count). The van der Waals surface area contributed by atoms with Crippen molar-refractivity contribution < 1.29 is 35.0 Å². The van der Waals surface area contributed by atoms with Gasteiger partial charge in [0.2, 0.25) is 11.8 Å². The molecule has 0 amide bonds. The molecule has 9 aromatic rings. The zero-order valence-corrected chi connectivity index (χ0v) is 30.9. The molecule has 282 valence electrons. The molecule has 0 bridgehead atoms. The molecule has 12 nitrogen and oxygen atoms in total. The Morgan fingerprint density at radius 2 is 1.11 bits per heavy atom. The summed E-state index contributed by atoms with van der Waals surface area (Å²) >= 11 is 5.75. The van der Waals surface area contributed by atoms with Gasteiger partial charge in [0.15, 0.2) is 11.5 Å². The SMILES string of the molecule is COc1cc2nccc(O)c2cc1OC.Oc1cccc2cnccc12.Oc1ccccn1.Oc1ccnc2cc(Cl)ccc12.Oc1nccc2ccccc12. The van der Waals surface area contributed by atoms with E-state index >= 15 is 0 Å². The second kappa shape index (κ2) is 19.6. The van der Waals surface area contributed by atoms with E-state index in [-0.39, 0.29) is 23.3 Å². The standard InChI is InChI=1S/C11H11NO3.C9H6ClNO.2C9H7NO.C5H5NO/c1-14-10-5-7-8(6-11(10)15-2)12-4-3-9(7)13;10-6-1-2-7-8(5-6)11-4-3-9(7)12;11-9-3-1-2-7-6-10-5-4-8(7)9;11-9-8-4-2-1-3-7(8)5-6-10-9;7-5-3-1-2-4-6-5/h3-6H,1-2H3,(H,12,13);1-5H,(H,11,12);1-6,11H;1-6H,(H,10,11);1-4H,(H,6,7). The average molecular weight is 770 g/mol. The average Bonchev–Trinajstić information content (AvgIpc) is 3.22. The molecule has 56 heavy (non-hydrogen) atoms. The Morgan fingerprint density at radius 1 is 0.464 bits per heavy atom. The highest BCUT2D eigenvalue weighted by Crippen LogP contribution is 2.34. The van der Waals surface area contributed by atoms with E-state index in [1.807, 2.05) is 36.4 Å². The summed E-state index contributed by atoms with van der Waals surface area (Å²) in [5.74, 6) is 2.07. The maximum Gasteiger partial charge on any atom is 0.218 e. The normalized spacial score (nSPS) is 10.1. The number of ether oxygens (including phenoxy) is 2. The molecule has 0 saturated heterocycles.